The van der Waals surface area contributed by atoms with Crippen LogP contribution in [0.1, 0.15) is 19.3 Å². The molecule has 0 saturated carbocycles. The van der Waals surface area contributed by atoms with E-state index in [1.54, 1.807) is 0 Å². The smallest absolute Gasteiger partial charge is 0.323 e. The Morgan fingerprint density at radius 3 is 2.79 bits per heavy atom. The Hall–Kier alpha value is -0.410. The molecule has 0 saturated heterocycles. The number of nitrogens with one attached hydrogen (secondary N) is 1. The molecule has 78 valence electrons. The van der Waals surface area contributed by atoms with Crippen LogP contribution in [0.4, 0.5) is 0 Å². The molecule has 0 aromatic heterocycles. The Morgan fingerprint density at radius 1 is 1.36 bits per heavy atom. The molecule has 0 bridgehead atoms. The highest BCUT2D eigenvalue weighted by atomic mass is 31.2. The van der Waals surface area contributed by atoms with Crippen molar-refractivity contribution in [2.45, 2.75) is 25.0 Å². The van der Waals surface area contributed by atoms with Crippen LogP contribution in [0.2, 0.25) is 0 Å². The Bertz CT molecular complexity index is 342. The van der Waals surface area contributed by atoms with E-state index in [0.29, 0.717) is 13.0 Å². The van der Waals surface area contributed by atoms with Gasteiger partial charge in [-0.1, -0.05) is 17.7 Å². The zero-order valence-electron chi connectivity index (χ0n) is 7.81. The van der Waals surface area contributed by atoms with Gasteiger partial charge in [-0.2, -0.15) is 0 Å². The van der Waals surface area contributed by atoms with Crippen LogP contribution in [0.3, 0.4) is 0 Å². The summed E-state index contributed by atoms with van der Waals surface area (Å²) in [5.74, 6) is -0.740. The zero-order chi connectivity index (χ0) is 10.2. The van der Waals surface area contributed by atoms with Crippen molar-refractivity contribution >= 4 is 7.60 Å². The van der Waals surface area contributed by atoms with Crippen molar-refractivity contribution in [3.8, 4) is 0 Å². The first-order valence-electron chi connectivity index (χ1n) is 4.73. The number of rotatable bonds is 1. The fraction of sp³-hybridized carbons (Fsp3) is 0.556. The molecule has 2 rings (SSSR count). The van der Waals surface area contributed by atoms with Crippen LogP contribution >= 0.6 is 7.60 Å². The molecule has 14 heavy (non-hydrogen) atoms. The molecular weight excluding hydrogens is 201 g/mol. The molecule has 1 aliphatic heterocycles. The predicted octanol–water partition coefficient (Wildman–Crippen LogP) is 1.13. The highest BCUT2D eigenvalue weighted by Crippen LogP contribution is 2.47. The minimum absolute atomic E-state index is 0.669. The van der Waals surface area contributed by atoms with E-state index in [1.165, 1.54) is 5.57 Å². The van der Waals surface area contributed by atoms with Gasteiger partial charge in [0.1, 0.15) is 5.78 Å². The molecule has 1 heterocycles. The van der Waals surface area contributed by atoms with E-state index in [4.69, 9.17) is 0 Å². The van der Waals surface area contributed by atoms with Crippen molar-refractivity contribution < 1.29 is 14.4 Å². The SMILES string of the molecule is O=P(O)(O)C1NCCC2=C1CC=CC2. The zero-order valence-corrected chi connectivity index (χ0v) is 8.70. The van der Waals surface area contributed by atoms with Gasteiger partial charge in [0.2, 0.25) is 0 Å². The minimum Gasteiger partial charge on any atom is -0.323 e. The Morgan fingerprint density at radius 2 is 2.07 bits per heavy atom. The molecule has 0 amide bonds. The van der Waals surface area contributed by atoms with Crippen LogP contribution in [0.15, 0.2) is 23.3 Å². The maximum Gasteiger partial charge on any atom is 0.346 e. The average Bonchev–Trinajstić information content (AvgIpc) is 2.15. The van der Waals surface area contributed by atoms with Gasteiger partial charge < -0.3 is 9.79 Å². The molecule has 1 atom stereocenters. The lowest BCUT2D eigenvalue weighted by Gasteiger charge is -2.31. The fourth-order valence-corrected chi connectivity index (χ4v) is 3.14. The lowest BCUT2D eigenvalue weighted by atomic mass is 9.92. The second-order valence-electron chi connectivity index (χ2n) is 3.70. The van der Waals surface area contributed by atoms with Crippen LogP contribution in [0.25, 0.3) is 0 Å². The second-order valence-corrected chi connectivity index (χ2v) is 5.40. The van der Waals surface area contributed by atoms with Gasteiger partial charge in [0.05, 0.1) is 0 Å². The summed E-state index contributed by atoms with van der Waals surface area (Å²) in [6.45, 7) is 0.669. The van der Waals surface area contributed by atoms with Crippen LogP contribution in [0, 0.1) is 0 Å². The van der Waals surface area contributed by atoms with E-state index in [2.05, 4.69) is 11.4 Å². The van der Waals surface area contributed by atoms with Gasteiger partial charge in [0.15, 0.2) is 0 Å². The van der Waals surface area contributed by atoms with Crippen molar-refractivity contribution in [3.05, 3.63) is 23.3 Å². The van der Waals surface area contributed by atoms with Crippen molar-refractivity contribution in [2.75, 3.05) is 6.54 Å². The molecular formula is C9H14NO3P. The lowest BCUT2D eigenvalue weighted by molar-refractivity contribution is 0.350. The van der Waals surface area contributed by atoms with Gasteiger partial charge in [-0.3, -0.25) is 9.88 Å². The van der Waals surface area contributed by atoms with Crippen LogP contribution in [-0.2, 0) is 4.57 Å². The second kappa shape index (κ2) is 3.63. The molecule has 1 unspecified atom stereocenters. The van der Waals surface area contributed by atoms with Crippen LogP contribution in [-0.4, -0.2) is 22.1 Å². The Labute approximate surface area is 82.9 Å². The maximum absolute atomic E-state index is 11.2. The summed E-state index contributed by atoms with van der Waals surface area (Å²) >= 11 is 0. The summed E-state index contributed by atoms with van der Waals surface area (Å²) in [5, 5.41) is 2.90. The molecule has 2 aliphatic rings. The van der Waals surface area contributed by atoms with E-state index in [1.807, 2.05) is 6.08 Å². The first-order valence-corrected chi connectivity index (χ1v) is 6.41. The summed E-state index contributed by atoms with van der Waals surface area (Å²) in [6, 6.07) is 0. The molecule has 4 nitrogen and oxygen atoms in total. The number of hydrogen-bond acceptors (Lipinski definition) is 2. The third kappa shape index (κ3) is 1.84. The summed E-state index contributed by atoms with van der Waals surface area (Å²) in [4.78, 5) is 18.3. The quantitative estimate of drug-likeness (QED) is 0.453. The van der Waals surface area contributed by atoms with Gasteiger partial charge >= 0.3 is 7.60 Å². The van der Waals surface area contributed by atoms with Crippen molar-refractivity contribution in [2.24, 2.45) is 0 Å². The third-order valence-corrected chi connectivity index (χ3v) is 3.92. The fourth-order valence-electron chi connectivity index (χ4n) is 2.08. The Balaban J connectivity index is 2.31. The summed E-state index contributed by atoms with van der Waals surface area (Å²) < 4.78 is 11.2. The molecule has 0 radical (unpaired) electrons. The highest BCUT2D eigenvalue weighted by Gasteiger charge is 2.35. The third-order valence-electron chi connectivity index (χ3n) is 2.75. The van der Waals surface area contributed by atoms with E-state index >= 15 is 0 Å². The highest BCUT2D eigenvalue weighted by molar-refractivity contribution is 7.52. The van der Waals surface area contributed by atoms with E-state index in [0.717, 1.165) is 18.4 Å². The summed E-state index contributed by atoms with van der Waals surface area (Å²) in [7, 11) is -4.03. The molecule has 1 aliphatic carbocycles. The number of hydrogen-bond donors (Lipinski definition) is 3. The Kier molecular flexibility index (Phi) is 2.62. The van der Waals surface area contributed by atoms with E-state index < -0.39 is 13.4 Å². The van der Waals surface area contributed by atoms with Gasteiger partial charge in [0.25, 0.3) is 0 Å². The lowest BCUT2D eigenvalue weighted by Crippen LogP contribution is -2.36. The molecule has 0 spiro atoms. The topological polar surface area (TPSA) is 69.6 Å². The number of allylic oxidation sites excluding steroid dienone is 2. The van der Waals surface area contributed by atoms with Gasteiger partial charge in [-0.05, 0) is 24.8 Å². The minimum atomic E-state index is -4.03. The van der Waals surface area contributed by atoms with Crippen molar-refractivity contribution in [3.63, 3.8) is 0 Å². The van der Waals surface area contributed by atoms with Gasteiger partial charge in [-0.25, -0.2) is 0 Å². The summed E-state index contributed by atoms with van der Waals surface area (Å²) in [5.41, 5.74) is 2.12. The van der Waals surface area contributed by atoms with E-state index in [-0.39, 0.29) is 0 Å². The molecule has 0 aromatic carbocycles. The maximum atomic E-state index is 11.2. The molecule has 0 fully saturated rings. The normalized spacial score (nSPS) is 27.7. The first kappa shape index (κ1) is 10.1. The molecule has 0 aromatic rings. The van der Waals surface area contributed by atoms with Gasteiger partial charge in [0, 0.05) is 6.54 Å². The molecule has 3 N–H and O–H groups in total. The van der Waals surface area contributed by atoms with Gasteiger partial charge in [-0.15, -0.1) is 0 Å². The van der Waals surface area contributed by atoms with Crippen molar-refractivity contribution in [1.29, 1.82) is 0 Å². The first-order chi connectivity index (χ1) is 6.59. The van der Waals surface area contributed by atoms with Crippen LogP contribution < -0.4 is 5.32 Å². The van der Waals surface area contributed by atoms with Crippen molar-refractivity contribution in [1.82, 2.24) is 5.32 Å². The largest absolute Gasteiger partial charge is 0.346 e. The standard InChI is InChI=1S/C9H14NO3P/c11-14(12,13)9-8-4-2-1-3-7(8)5-6-10-9/h1-2,9-10H,3-6H2,(H2,11,12,13). The summed E-state index contributed by atoms with van der Waals surface area (Å²) in [6.07, 6.45) is 6.50. The average molecular weight is 215 g/mol. The predicted molar refractivity (Wildman–Crippen MR) is 53.9 cm³/mol. The molecule has 5 heteroatoms. The van der Waals surface area contributed by atoms with E-state index in [9.17, 15) is 14.4 Å². The monoisotopic (exact) mass is 215 g/mol. The van der Waals surface area contributed by atoms with Crippen LogP contribution in [0.5, 0.6) is 0 Å².